The zero-order chi connectivity index (χ0) is 28.5. The highest BCUT2D eigenvalue weighted by molar-refractivity contribution is 6.03. The molecule has 1 saturated heterocycles. The number of rotatable bonds is 7. The number of imidazole rings is 1. The number of amidine groups is 1. The van der Waals surface area contributed by atoms with Crippen LogP contribution in [-0.2, 0) is 6.54 Å². The fourth-order valence-electron chi connectivity index (χ4n) is 7.71. The number of nitrogens with one attached hydrogen (secondary N) is 3. The highest BCUT2D eigenvalue weighted by Gasteiger charge is 2.37. The van der Waals surface area contributed by atoms with Gasteiger partial charge in [0.1, 0.15) is 5.52 Å². The van der Waals surface area contributed by atoms with E-state index in [1.165, 1.54) is 51.4 Å². The standard InChI is InChI=1S/C31H44N8O2/c1-3-20-13-15-21(16-14-20)18-39-25-27(33-19(2)22-9-6-10-22)35-29(26(32)34-31(40)41)36-28(25)37-30(39)38-17-7-11-23-8-4-5-12-24(23)38/h1,19-24H,4-18H2,2H3,(H2,32,34)(H,40,41)(H,33,35,36)/t19-,20-,21-,23+,24-/m1/s1. The van der Waals surface area contributed by atoms with Crippen molar-refractivity contribution in [1.29, 1.82) is 5.41 Å². The average Bonchev–Trinajstić information content (AvgIpc) is 3.30. The van der Waals surface area contributed by atoms with E-state index in [0.717, 1.165) is 56.7 Å². The average molecular weight is 561 g/mol. The van der Waals surface area contributed by atoms with Gasteiger partial charge >= 0.3 is 6.09 Å². The first-order chi connectivity index (χ1) is 19.9. The molecule has 3 atom stereocenters. The minimum atomic E-state index is -1.30. The van der Waals surface area contributed by atoms with Crippen molar-refractivity contribution >= 4 is 34.9 Å². The number of aromatic nitrogens is 4. The first-order valence-electron chi connectivity index (χ1n) is 15.8. The minimum Gasteiger partial charge on any atom is -0.465 e. The summed E-state index contributed by atoms with van der Waals surface area (Å²) in [6.45, 7) is 4.00. The lowest BCUT2D eigenvalue weighted by molar-refractivity contribution is 0.200. The lowest BCUT2D eigenvalue weighted by Crippen LogP contribution is -2.48. The third-order valence-electron chi connectivity index (χ3n) is 10.3. The molecule has 4 N–H and O–H groups in total. The van der Waals surface area contributed by atoms with Crippen LogP contribution < -0.4 is 15.5 Å². The summed E-state index contributed by atoms with van der Waals surface area (Å²) in [7, 11) is 0. The molecule has 0 spiro atoms. The molecule has 2 aromatic rings. The van der Waals surface area contributed by atoms with E-state index in [4.69, 9.17) is 21.8 Å². The molecule has 220 valence electrons. The van der Waals surface area contributed by atoms with Crippen LogP contribution >= 0.6 is 0 Å². The Bertz CT molecular complexity index is 1320. The van der Waals surface area contributed by atoms with Gasteiger partial charge < -0.3 is 19.9 Å². The van der Waals surface area contributed by atoms with E-state index < -0.39 is 6.09 Å². The second kappa shape index (κ2) is 11.9. The number of piperidine rings is 1. The molecule has 10 heteroatoms. The molecule has 0 bridgehead atoms. The molecule has 2 aromatic heterocycles. The van der Waals surface area contributed by atoms with Gasteiger partial charge in [0, 0.05) is 31.1 Å². The van der Waals surface area contributed by atoms with Gasteiger partial charge in [0.2, 0.25) is 5.95 Å². The topological polar surface area (TPSA) is 132 Å². The van der Waals surface area contributed by atoms with Crippen molar-refractivity contribution < 1.29 is 9.90 Å². The highest BCUT2D eigenvalue weighted by Crippen LogP contribution is 2.41. The van der Waals surface area contributed by atoms with Gasteiger partial charge in [0.25, 0.3) is 0 Å². The molecule has 0 radical (unpaired) electrons. The van der Waals surface area contributed by atoms with Crippen molar-refractivity contribution in [2.24, 2.45) is 23.7 Å². The van der Waals surface area contributed by atoms with Crippen LogP contribution in [0.3, 0.4) is 0 Å². The smallest absolute Gasteiger partial charge is 0.410 e. The second-order valence-corrected chi connectivity index (χ2v) is 12.9. The number of hydrogen-bond donors (Lipinski definition) is 4. The molecule has 0 unspecified atom stereocenters. The fraction of sp³-hybridized carbons (Fsp3) is 0.710. The molecule has 3 heterocycles. The maximum absolute atomic E-state index is 11.3. The van der Waals surface area contributed by atoms with Gasteiger partial charge in [-0.1, -0.05) is 19.3 Å². The molecule has 1 amide bonds. The summed E-state index contributed by atoms with van der Waals surface area (Å²) in [4.78, 5) is 28.5. The zero-order valence-electron chi connectivity index (χ0n) is 24.2. The zero-order valence-corrected chi connectivity index (χ0v) is 24.2. The van der Waals surface area contributed by atoms with E-state index in [-0.39, 0.29) is 17.7 Å². The predicted molar refractivity (Wildman–Crippen MR) is 160 cm³/mol. The molecule has 0 aromatic carbocycles. The Hall–Kier alpha value is -3.35. The first-order valence-corrected chi connectivity index (χ1v) is 15.8. The fourth-order valence-corrected chi connectivity index (χ4v) is 7.71. The van der Waals surface area contributed by atoms with Crippen LogP contribution in [0.5, 0.6) is 0 Å². The number of amides is 1. The Labute approximate surface area is 242 Å². The largest absolute Gasteiger partial charge is 0.465 e. The van der Waals surface area contributed by atoms with Gasteiger partial charge in [-0.2, -0.15) is 4.98 Å². The Morgan fingerprint density at radius 3 is 2.51 bits per heavy atom. The number of hydrogen-bond acceptors (Lipinski definition) is 7. The van der Waals surface area contributed by atoms with Gasteiger partial charge in [-0.25, -0.2) is 14.8 Å². The SMILES string of the molecule is C#C[C@H]1CC[C@H](Cn2c(N3CCC[C@@H]4CCCC[C@H]43)nc3nc(C(=N)NC(=O)O)nc(N[C@H](C)C4CCC4)c32)CC1. The Kier molecular flexibility index (Phi) is 8.05. The number of fused-ring (bicyclic) bond motifs is 2. The van der Waals surface area contributed by atoms with Crippen molar-refractivity contribution in [2.75, 3.05) is 16.8 Å². The van der Waals surface area contributed by atoms with Crippen molar-refractivity contribution in [1.82, 2.24) is 24.8 Å². The number of carbonyl (C=O) groups is 1. The normalized spacial score (nSPS) is 27.4. The third-order valence-corrected chi connectivity index (χ3v) is 10.3. The molecule has 3 aliphatic carbocycles. The Balaban J connectivity index is 1.45. The summed E-state index contributed by atoms with van der Waals surface area (Å²) in [6.07, 6.45) is 19.8. The van der Waals surface area contributed by atoms with E-state index in [2.05, 4.69) is 37.9 Å². The predicted octanol–water partition coefficient (Wildman–Crippen LogP) is 5.62. The maximum Gasteiger partial charge on any atom is 0.410 e. The van der Waals surface area contributed by atoms with Crippen molar-refractivity contribution in [3.8, 4) is 12.3 Å². The Morgan fingerprint density at radius 1 is 1.05 bits per heavy atom. The molecule has 1 aliphatic heterocycles. The summed E-state index contributed by atoms with van der Waals surface area (Å²) < 4.78 is 2.36. The highest BCUT2D eigenvalue weighted by atomic mass is 16.4. The molecule has 4 fully saturated rings. The number of nitrogens with zero attached hydrogens (tertiary/aromatic N) is 5. The van der Waals surface area contributed by atoms with Crippen molar-refractivity contribution in [3.63, 3.8) is 0 Å². The molecule has 10 nitrogen and oxygen atoms in total. The summed E-state index contributed by atoms with van der Waals surface area (Å²) in [5.74, 6) is 6.40. The van der Waals surface area contributed by atoms with Crippen LogP contribution in [0.1, 0.15) is 96.2 Å². The van der Waals surface area contributed by atoms with Crippen LogP contribution in [0.25, 0.3) is 11.2 Å². The molecule has 41 heavy (non-hydrogen) atoms. The first kappa shape index (κ1) is 27.8. The van der Waals surface area contributed by atoms with E-state index in [0.29, 0.717) is 41.2 Å². The van der Waals surface area contributed by atoms with Crippen LogP contribution in [0.2, 0.25) is 0 Å². The lowest BCUT2D eigenvalue weighted by Gasteiger charge is -2.45. The number of terminal acetylenes is 1. The van der Waals surface area contributed by atoms with Crippen LogP contribution in [-0.4, -0.2) is 55.2 Å². The van der Waals surface area contributed by atoms with E-state index >= 15 is 0 Å². The summed E-state index contributed by atoms with van der Waals surface area (Å²) in [5.41, 5.74) is 1.40. The molecular formula is C31H44N8O2. The number of anilines is 2. The maximum atomic E-state index is 11.3. The summed E-state index contributed by atoms with van der Waals surface area (Å²) >= 11 is 0. The molecule has 6 rings (SSSR count). The van der Waals surface area contributed by atoms with E-state index in [1.54, 1.807) is 0 Å². The van der Waals surface area contributed by atoms with Crippen molar-refractivity contribution in [2.45, 2.75) is 109 Å². The number of carboxylic acid groups (broad SMARTS) is 1. The Morgan fingerprint density at radius 2 is 1.80 bits per heavy atom. The molecule has 3 saturated carbocycles. The van der Waals surface area contributed by atoms with Gasteiger partial charge in [0.15, 0.2) is 23.1 Å². The van der Waals surface area contributed by atoms with Crippen molar-refractivity contribution in [3.05, 3.63) is 5.82 Å². The van der Waals surface area contributed by atoms with Gasteiger partial charge in [-0.3, -0.25) is 10.7 Å². The molecule has 4 aliphatic rings. The molecular weight excluding hydrogens is 516 g/mol. The van der Waals surface area contributed by atoms with Gasteiger partial charge in [-0.05, 0) is 88.9 Å². The van der Waals surface area contributed by atoms with E-state index in [1.807, 2.05) is 0 Å². The second-order valence-electron chi connectivity index (χ2n) is 12.9. The van der Waals surface area contributed by atoms with Gasteiger partial charge in [-0.15, -0.1) is 12.3 Å². The monoisotopic (exact) mass is 560 g/mol. The van der Waals surface area contributed by atoms with Gasteiger partial charge in [0.05, 0.1) is 0 Å². The van der Waals surface area contributed by atoms with Crippen LogP contribution in [0.15, 0.2) is 0 Å². The lowest BCUT2D eigenvalue weighted by atomic mass is 9.78. The third kappa shape index (κ3) is 5.73. The van der Waals surface area contributed by atoms with Crippen LogP contribution in [0.4, 0.5) is 16.6 Å². The summed E-state index contributed by atoms with van der Waals surface area (Å²) in [6, 6.07) is 0.682. The quantitative estimate of drug-likeness (QED) is 0.196. The van der Waals surface area contributed by atoms with Crippen LogP contribution in [0, 0.1) is 41.4 Å². The summed E-state index contributed by atoms with van der Waals surface area (Å²) in [5, 5.41) is 23.4. The van der Waals surface area contributed by atoms with E-state index in [9.17, 15) is 9.90 Å². The minimum absolute atomic E-state index is 0.0446.